The third kappa shape index (κ3) is 27.6. The number of aromatic hydroxyl groups is 2. The number of hydrogen-bond acceptors (Lipinski definition) is 21. The first-order chi connectivity index (χ1) is 48.8. The van der Waals surface area contributed by atoms with Crippen LogP contribution in [0, 0.1) is 37.3 Å². The number of aromatic carboxylic acids is 2. The number of nitrogens with two attached hydrogens (primary N) is 2. The summed E-state index contributed by atoms with van der Waals surface area (Å²) < 4.78 is 6.71. The zero-order valence-electron chi connectivity index (χ0n) is 54.3. The number of carbonyl (C=O) groups excluding carboxylic acids is 4. The normalized spacial score (nSPS) is 9.94. The molecule has 9 N–H and O–H groups in total. The van der Waals surface area contributed by atoms with Gasteiger partial charge in [-0.1, -0.05) is 119 Å². The van der Waals surface area contributed by atoms with E-state index in [1.807, 2.05) is 6.07 Å². The van der Waals surface area contributed by atoms with E-state index in [0.717, 1.165) is 11.8 Å². The number of carboxylic acid groups (broad SMARTS) is 2. The number of nitrogen functional groups attached to an aromatic ring is 2. The Morgan fingerprint density at radius 3 is 1.35 bits per heavy atom. The van der Waals surface area contributed by atoms with Crippen molar-refractivity contribution in [2.24, 2.45) is 0 Å². The molecule has 0 aliphatic carbocycles. The summed E-state index contributed by atoms with van der Waals surface area (Å²) in [5, 5.41) is 70.9. The minimum Gasteiger partial charge on any atom is -0.508 e. The lowest BCUT2D eigenvalue weighted by molar-refractivity contribution is -0.385. The maximum absolute atomic E-state index is 13.2. The van der Waals surface area contributed by atoms with Crippen LogP contribution in [0.3, 0.4) is 0 Å². The molecule has 29 nitrogen and oxygen atoms in total. The number of halogens is 3. The quantitative estimate of drug-likeness (QED) is 0.0120. The number of hydrogen-bond donors (Lipinski definition) is 7. The molecule has 0 radical (unpaired) electrons. The van der Waals surface area contributed by atoms with Crippen LogP contribution in [-0.2, 0) is 19.1 Å². The van der Waals surface area contributed by atoms with Crippen LogP contribution in [0.4, 0.5) is 34.1 Å². The van der Waals surface area contributed by atoms with Crippen molar-refractivity contribution < 1.29 is 68.7 Å². The second-order valence-corrected chi connectivity index (χ2v) is 25.2. The Morgan fingerprint density at radius 1 is 0.524 bits per heavy atom. The van der Waals surface area contributed by atoms with Gasteiger partial charge in [-0.2, -0.15) is 0 Å². The maximum atomic E-state index is 13.2. The average molecular weight is 1480 g/mol. The molecule has 0 saturated carbocycles. The van der Waals surface area contributed by atoms with Crippen LogP contribution in [0.15, 0.2) is 228 Å². The Bertz CT molecular complexity index is 4990. The summed E-state index contributed by atoms with van der Waals surface area (Å²) in [6.07, 6.45) is 4.16. The Labute approximate surface area is 599 Å². The highest BCUT2D eigenvalue weighted by Gasteiger charge is 2.16. The molecular weight excluding hydrogens is 1420 g/mol. The van der Waals surface area contributed by atoms with E-state index >= 15 is 0 Å². The Balaban J connectivity index is 0.000000267. The third-order valence-electron chi connectivity index (χ3n) is 12.7. The summed E-state index contributed by atoms with van der Waals surface area (Å²) in [5.41, 5.74) is 14.5. The van der Waals surface area contributed by atoms with Gasteiger partial charge in [-0.05, 0) is 122 Å². The zero-order chi connectivity index (χ0) is 76.5. The van der Waals surface area contributed by atoms with Crippen molar-refractivity contribution in [3.05, 3.63) is 303 Å². The lowest BCUT2D eigenvalue weighted by atomic mass is 10.2. The summed E-state index contributed by atoms with van der Waals surface area (Å²) in [5.74, 6) is -3.50. The summed E-state index contributed by atoms with van der Waals surface area (Å²) in [7, 11) is 0. The molecule has 0 atom stereocenters. The molecule has 0 aliphatic heterocycles. The third-order valence-corrected chi connectivity index (χ3v) is 12.7. The molecule has 103 heavy (non-hydrogen) atoms. The molecule has 1 amide bonds. The second kappa shape index (κ2) is 41.4. The van der Waals surface area contributed by atoms with Crippen molar-refractivity contribution in [3.63, 3.8) is 0 Å². The number of aldehydes is 1. The number of rotatable bonds is 11. The molecule has 11 aromatic rings. The van der Waals surface area contributed by atoms with Crippen LogP contribution in [0.1, 0.15) is 69.1 Å². The van der Waals surface area contributed by atoms with E-state index in [4.69, 9.17) is 60.5 Å². The fourth-order valence-electron chi connectivity index (χ4n) is 8.36. The van der Waals surface area contributed by atoms with E-state index in [-0.39, 0.29) is 56.7 Å². The number of non-ortho nitro benzene ring substituents is 3. The highest BCUT2D eigenvalue weighted by atomic mass is 36.0. The number of amides is 1. The van der Waals surface area contributed by atoms with E-state index < -0.39 is 44.6 Å². The van der Waals surface area contributed by atoms with E-state index in [9.17, 15) is 73.8 Å². The predicted octanol–water partition coefficient (Wildman–Crippen LogP) is 14.5. The van der Waals surface area contributed by atoms with Crippen molar-refractivity contribution in [2.75, 3.05) is 16.8 Å². The molecule has 9 aromatic carbocycles. The number of esters is 2. The highest BCUT2D eigenvalue weighted by Crippen LogP contribution is 2.51. The minimum absolute atomic E-state index is 0.0278. The van der Waals surface area contributed by atoms with Crippen molar-refractivity contribution in [2.45, 2.75) is 27.7 Å². The number of phenols is 2. The van der Waals surface area contributed by atoms with E-state index in [0.29, 0.717) is 67.5 Å². The first-order valence-electron chi connectivity index (χ1n) is 29.2. The van der Waals surface area contributed by atoms with Crippen molar-refractivity contribution in [1.82, 2.24) is 19.1 Å². The topological polar surface area (TPSA) is 456 Å². The highest BCUT2D eigenvalue weighted by molar-refractivity contribution is 8.20. The molecule has 0 bridgehead atoms. The van der Waals surface area contributed by atoms with Gasteiger partial charge in [0.05, 0.1) is 64.8 Å². The number of para-hydroxylation sites is 4. The molecule has 530 valence electrons. The average Bonchev–Trinajstić information content (AvgIpc) is 0.784. The van der Waals surface area contributed by atoms with Gasteiger partial charge in [0.2, 0.25) is 5.91 Å². The van der Waals surface area contributed by atoms with Crippen LogP contribution >= 0.6 is 39.7 Å². The summed E-state index contributed by atoms with van der Waals surface area (Å²) in [4.78, 5) is 127. The molecule has 0 unspecified atom stereocenters. The van der Waals surface area contributed by atoms with Gasteiger partial charge in [0, 0.05) is 74.1 Å². The SMILES string of the molecule is CC(=O)Nc1ccccc1C(=O)O.CC(=O)OC(C)=O.Cc1nc2ccccc2c(=O)n1-c1cccc([N+](=O)[O-])c1.ClP(Cl)Cl.Nc1cccc([N+](=O)[O-])c1.Nc1ccccc1C(=O)O.O=Cc1ccc(O)cc1.O=c1c2ccccc2nc(/C=C/c2ccc(O)cc2)n1-c1cccc([N+](=O)[O-])c1. The number of nitro benzene ring substituents is 3. The van der Waals surface area contributed by atoms with Crippen molar-refractivity contribution >= 4 is 144 Å². The second-order valence-electron chi connectivity index (χ2n) is 20.2. The Morgan fingerprint density at radius 2 is 0.932 bits per heavy atom. The van der Waals surface area contributed by atoms with Gasteiger partial charge in [0.1, 0.15) is 29.4 Å². The fourth-order valence-corrected chi connectivity index (χ4v) is 8.36. The van der Waals surface area contributed by atoms with Gasteiger partial charge in [-0.25, -0.2) is 19.6 Å². The number of carbonyl (C=O) groups is 6. The van der Waals surface area contributed by atoms with Crippen LogP contribution < -0.4 is 27.9 Å². The van der Waals surface area contributed by atoms with Gasteiger partial charge >= 0.3 is 23.9 Å². The molecule has 0 spiro atoms. The number of benzene rings is 9. The number of nitrogens with zero attached hydrogens (tertiary/aromatic N) is 7. The van der Waals surface area contributed by atoms with Crippen molar-refractivity contribution in [3.8, 4) is 22.9 Å². The smallest absolute Gasteiger partial charge is 0.337 e. The molecule has 11 rings (SSSR count). The van der Waals surface area contributed by atoms with Crippen LogP contribution in [-0.4, -0.2) is 90.4 Å². The fraction of sp³-hybridized carbons (Fsp3) is 0.0571. The van der Waals surface area contributed by atoms with E-state index in [2.05, 4.69) is 20.0 Å². The zero-order valence-corrected chi connectivity index (χ0v) is 57.5. The number of aromatic nitrogens is 4. The molecule has 0 fully saturated rings. The van der Waals surface area contributed by atoms with E-state index in [1.165, 1.54) is 96.6 Å². The van der Waals surface area contributed by atoms with Gasteiger partial charge in [0.15, 0.2) is 5.98 Å². The Hall–Kier alpha value is -13.1. The number of fused-ring (bicyclic) bond motifs is 2. The lowest BCUT2D eigenvalue weighted by Gasteiger charge is -2.11. The van der Waals surface area contributed by atoms with Crippen LogP contribution in [0.25, 0.3) is 45.3 Å². The monoisotopic (exact) mass is 1480 g/mol. The summed E-state index contributed by atoms with van der Waals surface area (Å²) in [6, 6.07) is 56.9. The predicted molar refractivity (Wildman–Crippen MR) is 393 cm³/mol. The number of aryl methyl sites for hydroxylation is 1. The Kier molecular flexibility index (Phi) is 33.1. The van der Waals surface area contributed by atoms with Crippen molar-refractivity contribution in [1.29, 1.82) is 0 Å². The van der Waals surface area contributed by atoms with Gasteiger partial charge < -0.3 is 41.9 Å². The number of ether oxygens (including phenoxy) is 1. The summed E-state index contributed by atoms with van der Waals surface area (Å²) in [6.45, 7) is 5.40. The van der Waals surface area contributed by atoms with Gasteiger partial charge in [0.25, 0.3) is 28.2 Å². The largest absolute Gasteiger partial charge is 0.508 e. The molecule has 2 heterocycles. The lowest BCUT2D eigenvalue weighted by Crippen LogP contribution is -2.22. The van der Waals surface area contributed by atoms with E-state index in [1.54, 1.807) is 165 Å². The molecular formula is C70H60Cl3N10O19P. The van der Waals surface area contributed by atoms with Crippen LogP contribution in [0.2, 0.25) is 0 Å². The van der Waals surface area contributed by atoms with Crippen LogP contribution in [0.5, 0.6) is 11.5 Å². The molecule has 33 heteroatoms. The minimum atomic E-state index is -1.20. The standard InChI is InChI=1S/C22H15N3O4.C15H11N3O3.C9H9NO3.C7H7NO2.C7H6O2.C6H6N2O2.C4H6O3.Cl3P/c26-18-11-8-15(9-12-18)10-13-21-23-20-7-2-1-6-19(20)22(27)24(21)16-4-3-5-17(14-16)25(28)29;1-10-16-14-8-3-2-7-13(14)15(19)17(10)11-5-4-6-12(9-11)18(20)21;1-6(11)10-8-5-3-2-4-7(8)9(12)13;8-6-4-2-1-3-5(6)7(9)10;8-5-6-1-3-7(9)4-2-6;7-5-2-1-3-6(4-5)8(9)10;1-3(5)7-4(2)6;1-4(2)3/h1-14,26H;2-9H,1H3;2-5H,1H3,(H,10,11)(H,12,13);1-4H,8H2,(H,9,10);1-5,9H;1-4H,7H2;1-2H3;/b13-10+;;;;;;;. The molecule has 2 aromatic heterocycles. The number of phenolic OH excluding ortho intramolecular Hbond substituents is 2. The maximum Gasteiger partial charge on any atom is 0.337 e. The number of anilines is 3. The van der Waals surface area contributed by atoms with Gasteiger partial charge in [-0.3, -0.25) is 68.2 Å². The van der Waals surface area contributed by atoms with Gasteiger partial charge in [-0.15, -0.1) is 0 Å². The summed E-state index contributed by atoms with van der Waals surface area (Å²) >= 11 is 14.6. The molecule has 0 saturated heterocycles. The first kappa shape index (κ1) is 82.3. The first-order valence-corrected chi connectivity index (χ1v) is 33.2. The molecule has 0 aliphatic rings. The number of nitrogens with one attached hydrogen (secondary N) is 1. The number of nitro groups is 3. The number of carboxylic acids is 2.